The number of aliphatic hydroxyl groups excluding tert-OH is 1. The second kappa shape index (κ2) is 5.18. The van der Waals surface area contributed by atoms with Gasteiger partial charge in [0.05, 0.1) is 18.0 Å². The minimum absolute atomic E-state index is 0.408. The van der Waals surface area contributed by atoms with Gasteiger partial charge in [-0.25, -0.2) is 4.98 Å². The van der Waals surface area contributed by atoms with Crippen LogP contribution in [0.25, 0.3) is 11.5 Å². The predicted octanol–water partition coefficient (Wildman–Crippen LogP) is 1.90. The van der Waals surface area contributed by atoms with Gasteiger partial charge < -0.3 is 9.63 Å². The Hall–Kier alpha value is -1.27. The molecule has 0 aromatic carbocycles. The summed E-state index contributed by atoms with van der Waals surface area (Å²) in [6.07, 6.45) is 1.68. The lowest BCUT2D eigenvalue weighted by Crippen LogP contribution is -2.09. The highest BCUT2D eigenvalue weighted by atomic mass is 32.1. The highest BCUT2D eigenvalue weighted by Crippen LogP contribution is 2.16. The second-order valence-corrected chi connectivity index (χ2v) is 4.25. The van der Waals surface area contributed by atoms with Crippen molar-refractivity contribution in [2.45, 2.75) is 32.3 Å². The van der Waals surface area contributed by atoms with Gasteiger partial charge in [-0.2, -0.15) is 4.98 Å². The average molecular weight is 239 g/mol. The van der Waals surface area contributed by atoms with Crippen LogP contribution < -0.4 is 0 Å². The first-order valence-electron chi connectivity index (χ1n) is 5.18. The number of nitrogens with zero attached hydrogens (tertiary/aromatic N) is 3. The maximum atomic E-state index is 9.60. The quantitative estimate of drug-likeness (QED) is 0.862. The zero-order valence-electron chi connectivity index (χ0n) is 8.96. The first kappa shape index (κ1) is 11.2. The molecule has 0 fully saturated rings. The number of aliphatic hydroxyl groups is 1. The van der Waals surface area contributed by atoms with Crippen molar-refractivity contribution < 1.29 is 9.63 Å². The van der Waals surface area contributed by atoms with Gasteiger partial charge in [0.25, 0.3) is 0 Å². The normalized spacial score (nSPS) is 12.9. The smallest absolute Gasteiger partial charge is 0.229 e. The molecule has 5 nitrogen and oxygen atoms in total. The molecular formula is C10H13N3O2S. The first-order valence-corrected chi connectivity index (χ1v) is 6.13. The molecule has 86 valence electrons. The Morgan fingerprint density at radius 3 is 3.12 bits per heavy atom. The molecule has 1 N–H and O–H groups in total. The Bertz CT molecular complexity index is 427. The Kier molecular flexibility index (Phi) is 3.63. The zero-order chi connectivity index (χ0) is 11.4. The van der Waals surface area contributed by atoms with Crippen molar-refractivity contribution in [1.82, 2.24) is 15.1 Å². The van der Waals surface area contributed by atoms with Crippen LogP contribution in [0.2, 0.25) is 0 Å². The lowest BCUT2D eigenvalue weighted by molar-refractivity contribution is 0.152. The lowest BCUT2D eigenvalue weighted by atomic mass is 10.1. The summed E-state index contributed by atoms with van der Waals surface area (Å²) in [5.74, 6) is 0.948. The maximum Gasteiger partial charge on any atom is 0.229 e. The Morgan fingerprint density at radius 1 is 1.56 bits per heavy atom. The number of rotatable bonds is 5. The van der Waals surface area contributed by atoms with Crippen molar-refractivity contribution in [3.05, 3.63) is 16.8 Å². The van der Waals surface area contributed by atoms with Crippen LogP contribution in [0, 0.1) is 0 Å². The molecule has 2 aromatic rings. The minimum atomic E-state index is -0.409. The summed E-state index contributed by atoms with van der Waals surface area (Å²) in [7, 11) is 0. The average Bonchev–Trinajstić information content (AvgIpc) is 2.86. The van der Waals surface area contributed by atoms with Crippen molar-refractivity contribution in [2.75, 3.05) is 0 Å². The van der Waals surface area contributed by atoms with E-state index in [2.05, 4.69) is 15.1 Å². The molecule has 0 aliphatic rings. The molecule has 0 spiro atoms. The van der Waals surface area contributed by atoms with E-state index in [1.165, 1.54) is 11.3 Å². The summed E-state index contributed by atoms with van der Waals surface area (Å²) in [5, 5.41) is 15.3. The van der Waals surface area contributed by atoms with Crippen LogP contribution in [0.1, 0.15) is 25.7 Å². The molecule has 0 aliphatic heterocycles. The van der Waals surface area contributed by atoms with Crippen molar-refractivity contribution in [1.29, 1.82) is 0 Å². The molecule has 2 aromatic heterocycles. The van der Waals surface area contributed by atoms with Gasteiger partial charge in [0.1, 0.15) is 5.69 Å². The predicted molar refractivity (Wildman–Crippen MR) is 60.0 cm³/mol. The van der Waals surface area contributed by atoms with Crippen LogP contribution in [0.15, 0.2) is 15.4 Å². The molecule has 0 saturated carbocycles. The van der Waals surface area contributed by atoms with Gasteiger partial charge >= 0.3 is 0 Å². The Balaban J connectivity index is 2.03. The zero-order valence-corrected chi connectivity index (χ0v) is 9.78. The highest BCUT2D eigenvalue weighted by molar-refractivity contribution is 7.07. The van der Waals surface area contributed by atoms with Crippen molar-refractivity contribution in [3.63, 3.8) is 0 Å². The molecule has 2 heterocycles. The Morgan fingerprint density at radius 2 is 2.44 bits per heavy atom. The van der Waals surface area contributed by atoms with Gasteiger partial charge in [0.15, 0.2) is 0 Å². The highest BCUT2D eigenvalue weighted by Gasteiger charge is 2.13. The largest absolute Gasteiger partial charge is 0.393 e. The fourth-order valence-electron chi connectivity index (χ4n) is 1.40. The van der Waals surface area contributed by atoms with Crippen molar-refractivity contribution in [3.8, 4) is 11.5 Å². The molecule has 0 amide bonds. The summed E-state index contributed by atoms with van der Waals surface area (Å²) >= 11 is 1.48. The number of aromatic nitrogens is 3. The van der Waals surface area contributed by atoms with E-state index in [-0.39, 0.29) is 0 Å². The third kappa shape index (κ3) is 2.65. The van der Waals surface area contributed by atoms with Crippen LogP contribution in [-0.2, 0) is 6.42 Å². The summed E-state index contributed by atoms with van der Waals surface area (Å²) in [4.78, 5) is 8.27. The van der Waals surface area contributed by atoms with Gasteiger partial charge in [0, 0.05) is 5.38 Å². The van der Waals surface area contributed by atoms with Gasteiger partial charge in [-0.1, -0.05) is 18.5 Å². The maximum absolute atomic E-state index is 9.60. The summed E-state index contributed by atoms with van der Waals surface area (Å²) in [6.45, 7) is 2.03. The number of thiazole rings is 1. The summed E-state index contributed by atoms with van der Waals surface area (Å²) in [6, 6.07) is 0. The van der Waals surface area contributed by atoms with Crippen LogP contribution in [0.5, 0.6) is 0 Å². The molecule has 0 radical (unpaired) electrons. The molecule has 0 aliphatic carbocycles. The van der Waals surface area contributed by atoms with E-state index in [4.69, 9.17) is 4.52 Å². The van der Waals surface area contributed by atoms with Crippen LogP contribution in [0.4, 0.5) is 0 Å². The van der Waals surface area contributed by atoms with Gasteiger partial charge in [-0.15, -0.1) is 11.3 Å². The number of hydrogen-bond acceptors (Lipinski definition) is 6. The van der Waals surface area contributed by atoms with Crippen LogP contribution >= 0.6 is 11.3 Å². The molecule has 6 heteroatoms. The summed E-state index contributed by atoms with van der Waals surface area (Å²) in [5.41, 5.74) is 2.43. The van der Waals surface area contributed by atoms with E-state index in [9.17, 15) is 5.11 Å². The van der Waals surface area contributed by atoms with Gasteiger partial charge in [0.2, 0.25) is 11.7 Å². The van der Waals surface area contributed by atoms with Crippen LogP contribution in [0.3, 0.4) is 0 Å². The Labute approximate surface area is 97.2 Å². The molecule has 1 unspecified atom stereocenters. The molecule has 0 saturated heterocycles. The van der Waals surface area contributed by atoms with E-state index < -0.39 is 6.10 Å². The van der Waals surface area contributed by atoms with E-state index in [1.807, 2.05) is 12.3 Å². The minimum Gasteiger partial charge on any atom is -0.393 e. The molecule has 0 bridgehead atoms. The molecular weight excluding hydrogens is 226 g/mol. The third-order valence-electron chi connectivity index (χ3n) is 2.16. The van der Waals surface area contributed by atoms with Crippen molar-refractivity contribution >= 4 is 11.3 Å². The first-order chi connectivity index (χ1) is 7.79. The van der Waals surface area contributed by atoms with Gasteiger partial charge in [-0.3, -0.25) is 0 Å². The van der Waals surface area contributed by atoms with Crippen LogP contribution in [-0.4, -0.2) is 26.3 Å². The molecule has 1 atom stereocenters. The fraction of sp³-hybridized carbons (Fsp3) is 0.500. The van der Waals surface area contributed by atoms with Gasteiger partial charge in [-0.05, 0) is 6.42 Å². The molecule has 16 heavy (non-hydrogen) atoms. The summed E-state index contributed by atoms with van der Waals surface area (Å²) < 4.78 is 5.05. The van der Waals surface area contributed by atoms with E-state index in [1.54, 1.807) is 5.51 Å². The standard InChI is InChI=1S/C10H13N3O2S/c1-2-3-7(14)4-9-12-10(13-15-9)8-5-16-6-11-8/h5-7,14H,2-4H2,1H3. The fourth-order valence-corrected chi connectivity index (χ4v) is 1.93. The third-order valence-corrected chi connectivity index (χ3v) is 2.75. The second-order valence-electron chi connectivity index (χ2n) is 3.53. The monoisotopic (exact) mass is 239 g/mol. The molecule has 2 rings (SSSR count). The van der Waals surface area contributed by atoms with E-state index >= 15 is 0 Å². The number of hydrogen-bond donors (Lipinski definition) is 1. The topological polar surface area (TPSA) is 72.0 Å². The van der Waals surface area contributed by atoms with E-state index in [0.29, 0.717) is 23.8 Å². The van der Waals surface area contributed by atoms with Crippen molar-refractivity contribution in [2.24, 2.45) is 0 Å². The lowest BCUT2D eigenvalue weighted by Gasteiger charge is -2.03. The SMILES string of the molecule is CCCC(O)Cc1nc(-c2cscn2)no1. The van der Waals surface area contributed by atoms with E-state index in [0.717, 1.165) is 12.8 Å².